The van der Waals surface area contributed by atoms with Crippen molar-refractivity contribution < 1.29 is 18.9 Å². The van der Waals surface area contributed by atoms with Crippen LogP contribution < -0.4 is 18.9 Å². The van der Waals surface area contributed by atoms with E-state index in [0.29, 0.717) is 23.0 Å². The lowest BCUT2D eigenvalue weighted by atomic mass is 10.0. The minimum absolute atomic E-state index is 0.696. The second kappa shape index (κ2) is 9.83. The van der Waals surface area contributed by atoms with Crippen LogP contribution in [0.2, 0.25) is 0 Å². The van der Waals surface area contributed by atoms with Crippen LogP contribution in [0.25, 0.3) is 21.5 Å². The summed E-state index contributed by atoms with van der Waals surface area (Å²) in [5, 5.41) is 13.2. The molecule has 0 aliphatic rings. The van der Waals surface area contributed by atoms with Gasteiger partial charge < -0.3 is 18.9 Å². The number of ether oxygens (including phenoxy) is 4. The van der Waals surface area contributed by atoms with E-state index >= 15 is 0 Å². The monoisotopic (exact) mass is 456 g/mol. The number of methoxy groups -OCH3 is 4. The number of hydrogen-bond donors (Lipinski definition) is 0. The number of nitrogens with zero attached hydrogens (tertiary/aromatic N) is 2. The third-order valence-corrected chi connectivity index (χ3v) is 5.87. The zero-order valence-corrected chi connectivity index (χ0v) is 20.3. The van der Waals surface area contributed by atoms with Gasteiger partial charge in [0.1, 0.15) is 0 Å². The van der Waals surface area contributed by atoms with Crippen molar-refractivity contribution in [3.8, 4) is 23.0 Å². The molecule has 0 saturated carbocycles. The summed E-state index contributed by atoms with van der Waals surface area (Å²) in [4.78, 5) is 0. The van der Waals surface area contributed by atoms with E-state index in [1.807, 2.05) is 62.4 Å². The Balaban J connectivity index is 1.64. The van der Waals surface area contributed by atoms with E-state index in [-0.39, 0.29) is 0 Å². The molecule has 0 fully saturated rings. The number of benzene rings is 4. The second-order valence-electron chi connectivity index (χ2n) is 7.91. The van der Waals surface area contributed by atoms with Gasteiger partial charge in [-0.2, -0.15) is 10.2 Å². The molecule has 0 amide bonds. The Kier molecular flexibility index (Phi) is 6.68. The molecule has 6 heteroatoms. The van der Waals surface area contributed by atoms with E-state index in [4.69, 9.17) is 18.9 Å². The molecule has 4 rings (SSSR count). The summed E-state index contributed by atoms with van der Waals surface area (Å²) >= 11 is 0. The summed E-state index contributed by atoms with van der Waals surface area (Å²) < 4.78 is 21.7. The molecule has 0 unspecified atom stereocenters. The quantitative estimate of drug-likeness (QED) is 0.243. The number of fused-ring (bicyclic) bond motifs is 2. The zero-order chi connectivity index (χ0) is 24.2. The summed E-state index contributed by atoms with van der Waals surface area (Å²) in [5.41, 5.74) is 3.63. The normalized spacial score (nSPS) is 12.2. The molecule has 0 bridgehead atoms. The highest BCUT2D eigenvalue weighted by molar-refractivity contribution is 6.05. The Morgan fingerprint density at radius 2 is 0.794 bits per heavy atom. The fraction of sp³-hybridized carbons (Fsp3) is 0.214. The first-order valence-corrected chi connectivity index (χ1v) is 10.9. The highest BCUT2D eigenvalue weighted by Crippen LogP contribution is 2.33. The Hall–Kier alpha value is -4.06. The van der Waals surface area contributed by atoms with Crippen molar-refractivity contribution in [2.45, 2.75) is 13.8 Å². The molecule has 34 heavy (non-hydrogen) atoms. The summed E-state index contributed by atoms with van der Waals surface area (Å²) in [6, 6.07) is 20.2. The first-order chi connectivity index (χ1) is 16.5. The standard InChI is InChI=1S/C28H28N2O4/c1-17(19-7-9-21-13-25(31-3)27(33-5)15-23(21)11-19)29-30-18(2)20-8-10-22-14-26(32-4)28(34-6)16-24(22)12-20/h7-16H,1-6H3. The van der Waals surface area contributed by atoms with Crippen molar-refractivity contribution >= 4 is 33.0 Å². The van der Waals surface area contributed by atoms with Gasteiger partial charge >= 0.3 is 0 Å². The maximum Gasteiger partial charge on any atom is 0.161 e. The summed E-state index contributed by atoms with van der Waals surface area (Å²) in [6.07, 6.45) is 0. The van der Waals surface area contributed by atoms with Crippen LogP contribution >= 0.6 is 0 Å². The Morgan fingerprint density at radius 3 is 1.12 bits per heavy atom. The van der Waals surface area contributed by atoms with Crippen LogP contribution in [0.4, 0.5) is 0 Å². The fourth-order valence-corrected chi connectivity index (χ4v) is 3.87. The minimum atomic E-state index is 0.696. The van der Waals surface area contributed by atoms with Gasteiger partial charge in [0.2, 0.25) is 0 Å². The molecule has 0 aliphatic carbocycles. The van der Waals surface area contributed by atoms with Crippen molar-refractivity contribution in [1.82, 2.24) is 0 Å². The van der Waals surface area contributed by atoms with Crippen LogP contribution in [0, 0.1) is 0 Å². The average molecular weight is 457 g/mol. The van der Waals surface area contributed by atoms with Crippen molar-refractivity contribution in [3.63, 3.8) is 0 Å². The van der Waals surface area contributed by atoms with E-state index in [1.54, 1.807) is 28.4 Å². The van der Waals surface area contributed by atoms with Crippen LogP contribution in [0.15, 0.2) is 70.9 Å². The molecule has 0 spiro atoms. The third kappa shape index (κ3) is 4.53. The highest BCUT2D eigenvalue weighted by atomic mass is 16.5. The van der Waals surface area contributed by atoms with Crippen molar-refractivity contribution in [1.29, 1.82) is 0 Å². The molecule has 0 aromatic heterocycles. The van der Waals surface area contributed by atoms with E-state index in [1.165, 1.54) is 0 Å². The topological polar surface area (TPSA) is 61.6 Å². The summed E-state index contributed by atoms with van der Waals surface area (Å²) in [5.74, 6) is 2.81. The van der Waals surface area contributed by atoms with Gasteiger partial charge in [0.25, 0.3) is 0 Å². The smallest absolute Gasteiger partial charge is 0.161 e. The van der Waals surface area contributed by atoms with E-state index in [0.717, 1.165) is 44.1 Å². The maximum absolute atomic E-state index is 5.44. The summed E-state index contributed by atoms with van der Waals surface area (Å²) in [6.45, 7) is 3.91. The van der Waals surface area contributed by atoms with E-state index in [2.05, 4.69) is 22.3 Å². The van der Waals surface area contributed by atoms with Gasteiger partial charge in [-0.05, 0) is 82.9 Å². The molecule has 0 atom stereocenters. The number of rotatable bonds is 7. The van der Waals surface area contributed by atoms with Gasteiger partial charge in [0, 0.05) is 0 Å². The van der Waals surface area contributed by atoms with E-state index in [9.17, 15) is 0 Å². The Bertz CT molecular complexity index is 1310. The predicted molar refractivity (Wildman–Crippen MR) is 139 cm³/mol. The molecule has 174 valence electrons. The van der Waals surface area contributed by atoms with Crippen LogP contribution in [-0.2, 0) is 0 Å². The lowest BCUT2D eigenvalue weighted by Gasteiger charge is -2.10. The minimum Gasteiger partial charge on any atom is -0.493 e. The van der Waals surface area contributed by atoms with Crippen molar-refractivity contribution in [2.24, 2.45) is 10.2 Å². The first kappa shape index (κ1) is 23.1. The third-order valence-electron chi connectivity index (χ3n) is 5.87. The molecule has 4 aromatic carbocycles. The van der Waals surface area contributed by atoms with Gasteiger partial charge in [0.05, 0.1) is 39.9 Å². The van der Waals surface area contributed by atoms with Crippen molar-refractivity contribution in [3.05, 3.63) is 71.8 Å². The van der Waals surface area contributed by atoms with Gasteiger partial charge in [-0.15, -0.1) is 0 Å². The Morgan fingerprint density at radius 1 is 0.471 bits per heavy atom. The van der Waals surface area contributed by atoms with Crippen LogP contribution in [0.5, 0.6) is 23.0 Å². The Labute approximate surface area is 199 Å². The molecule has 4 aromatic rings. The molecule has 0 N–H and O–H groups in total. The van der Waals surface area contributed by atoms with Crippen LogP contribution in [-0.4, -0.2) is 39.9 Å². The molecule has 0 heterocycles. The van der Waals surface area contributed by atoms with Crippen molar-refractivity contribution in [2.75, 3.05) is 28.4 Å². The van der Waals surface area contributed by atoms with Gasteiger partial charge in [-0.25, -0.2) is 0 Å². The molecule has 0 radical (unpaired) electrons. The van der Waals surface area contributed by atoms with Gasteiger partial charge in [-0.3, -0.25) is 0 Å². The highest BCUT2D eigenvalue weighted by Gasteiger charge is 2.09. The van der Waals surface area contributed by atoms with Gasteiger partial charge in [-0.1, -0.05) is 24.3 Å². The molecular formula is C28H28N2O4. The SMILES string of the molecule is COc1cc2ccc(C(C)=NN=C(C)c3ccc4cc(OC)c(OC)cc4c3)cc2cc1OC. The largest absolute Gasteiger partial charge is 0.493 e. The van der Waals surface area contributed by atoms with E-state index < -0.39 is 0 Å². The molecular weight excluding hydrogens is 428 g/mol. The van der Waals surface area contributed by atoms with Crippen LogP contribution in [0.1, 0.15) is 25.0 Å². The first-order valence-electron chi connectivity index (χ1n) is 10.9. The lowest BCUT2D eigenvalue weighted by Crippen LogP contribution is -1.98. The summed E-state index contributed by atoms with van der Waals surface area (Å²) in [7, 11) is 6.55. The molecule has 0 aliphatic heterocycles. The van der Waals surface area contributed by atoms with Crippen LogP contribution in [0.3, 0.4) is 0 Å². The second-order valence-corrected chi connectivity index (χ2v) is 7.91. The number of hydrogen-bond acceptors (Lipinski definition) is 6. The molecule has 6 nitrogen and oxygen atoms in total. The van der Waals surface area contributed by atoms with Gasteiger partial charge in [0.15, 0.2) is 23.0 Å². The maximum atomic E-state index is 5.44. The predicted octanol–water partition coefficient (Wildman–Crippen LogP) is 6.26. The molecule has 0 saturated heterocycles. The zero-order valence-electron chi connectivity index (χ0n) is 20.3. The fourth-order valence-electron chi connectivity index (χ4n) is 3.87. The lowest BCUT2D eigenvalue weighted by molar-refractivity contribution is 0.356. The average Bonchev–Trinajstić information content (AvgIpc) is 2.88.